The van der Waals surface area contributed by atoms with Gasteiger partial charge in [0.2, 0.25) is 6.29 Å². The molecular formula is C21H22O10. The van der Waals surface area contributed by atoms with E-state index in [0.29, 0.717) is 5.56 Å². The Hall–Kier alpha value is -3.15. The van der Waals surface area contributed by atoms with Crippen LogP contribution in [0.1, 0.15) is 15.9 Å². The number of phenolic OH excluding ortho intramolecular Hbond substituents is 3. The molecular weight excluding hydrogens is 412 g/mol. The Labute approximate surface area is 176 Å². The Morgan fingerprint density at radius 3 is 2.29 bits per heavy atom. The number of hydrogen-bond donors (Lipinski definition) is 7. The highest BCUT2D eigenvalue weighted by Crippen LogP contribution is 2.36. The van der Waals surface area contributed by atoms with Crippen molar-refractivity contribution in [2.75, 3.05) is 6.61 Å². The summed E-state index contributed by atoms with van der Waals surface area (Å²) in [5.41, 5.74) is 0.227. The van der Waals surface area contributed by atoms with Crippen LogP contribution < -0.4 is 4.74 Å². The van der Waals surface area contributed by atoms with Crippen molar-refractivity contribution in [2.24, 2.45) is 0 Å². The van der Waals surface area contributed by atoms with Gasteiger partial charge in [0.25, 0.3) is 0 Å². The second-order valence-electron chi connectivity index (χ2n) is 6.94. The lowest BCUT2D eigenvalue weighted by Crippen LogP contribution is -2.60. The van der Waals surface area contributed by atoms with Crippen LogP contribution in [-0.2, 0) is 4.74 Å². The summed E-state index contributed by atoms with van der Waals surface area (Å²) in [7, 11) is 0. The second kappa shape index (κ2) is 9.33. The van der Waals surface area contributed by atoms with Crippen molar-refractivity contribution >= 4 is 11.9 Å². The third-order valence-electron chi connectivity index (χ3n) is 4.72. The van der Waals surface area contributed by atoms with Gasteiger partial charge in [0.1, 0.15) is 53.0 Å². The topological polar surface area (TPSA) is 177 Å². The van der Waals surface area contributed by atoms with Crippen LogP contribution in [0.4, 0.5) is 0 Å². The van der Waals surface area contributed by atoms with Gasteiger partial charge < -0.3 is 45.2 Å². The van der Waals surface area contributed by atoms with Gasteiger partial charge >= 0.3 is 0 Å². The molecule has 1 saturated heterocycles. The van der Waals surface area contributed by atoms with E-state index >= 15 is 0 Å². The van der Waals surface area contributed by atoms with Crippen LogP contribution in [0.5, 0.6) is 23.0 Å². The van der Waals surface area contributed by atoms with E-state index in [1.807, 2.05) is 0 Å². The first-order chi connectivity index (χ1) is 14.7. The predicted molar refractivity (Wildman–Crippen MR) is 106 cm³/mol. The molecule has 0 amide bonds. The van der Waals surface area contributed by atoms with E-state index in [1.54, 1.807) is 12.1 Å². The van der Waals surface area contributed by atoms with Crippen molar-refractivity contribution in [3.8, 4) is 23.0 Å². The highest BCUT2D eigenvalue weighted by molar-refractivity contribution is 6.10. The van der Waals surface area contributed by atoms with Gasteiger partial charge in [0.05, 0.1) is 6.61 Å². The molecule has 2 aromatic rings. The zero-order chi connectivity index (χ0) is 22.7. The zero-order valence-electron chi connectivity index (χ0n) is 16.1. The van der Waals surface area contributed by atoms with Crippen LogP contribution in [0.15, 0.2) is 42.5 Å². The lowest BCUT2D eigenvalue weighted by Gasteiger charge is -2.39. The fraction of sp³-hybridized carbons (Fsp3) is 0.286. The number of rotatable bonds is 6. The normalized spacial score (nSPS) is 26.1. The monoisotopic (exact) mass is 434 g/mol. The number of aliphatic hydroxyl groups is 4. The van der Waals surface area contributed by atoms with E-state index in [-0.39, 0.29) is 17.1 Å². The molecule has 1 aliphatic heterocycles. The van der Waals surface area contributed by atoms with Gasteiger partial charge in [-0.3, -0.25) is 4.79 Å². The van der Waals surface area contributed by atoms with Gasteiger partial charge in [-0.15, -0.1) is 0 Å². The zero-order valence-corrected chi connectivity index (χ0v) is 16.1. The number of benzene rings is 2. The lowest BCUT2D eigenvalue weighted by atomic mass is 9.99. The summed E-state index contributed by atoms with van der Waals surface area (Å²) in [5, 5.41) is 68.5. The molecule has 1 heterocycles. The van der Waals surface area contributed by atoms with Crippen molar-refractivity contribution < 1.29 is 50.0 Å². The summed E-state index contributed by atoms with van der Waals surface area (Å²) in [6, 6.07) is 7.89. The predicted octanol–water partition coefficient (Wildman–Crippen LogP) is -0.122. The number of phenols is 3. The fourth-order valence-corrected chi connectivity index (χ4v) is 3.06. The highest BCUT2D eigenvalue weighted by atomic mass is 16.7. The maximum absolute atomic E-state index is 12.7. The van der Waals surface area contributed by atoms with Crippen LogP contribution in [0.2, 0.25) is 0 Å². The minimum absolute atomic E-state index is 0.0508. The van der Waals surface area contributed by atoms with E-state index in [9.17, 15) is 40.5 Å². The Balaban J connectivity index is 1.89. The van der Waals surface area contributed by atoms with E-state index in [0.717, 1.165) is 18.2 Å². The van der Waals surface area contributed by atoms with Crippen LogP contribution >= 0.6 is 0 Å². The summed E-state index contributed by atoms with van der Waals surface area (Å²) < 4.78 is 10.7. The smallest absolute Gasteiger partial charge is 0.229 e. The quantitative estimate of drug-likeness (QED) is 0.239. The standard InChI is InChI=1S/C21H22O10/c22-9-16-18(27)19(28)20(29)21(31-16)30-15-8-12(24)7-14(26)17(15)13(25)6-3-10-1-4-11(23)5-2-10/h1-8,16,18-24,26-29H,9H2/b6-3+/t16-,18-,19+,20-,21-/m1/s1. The van der Waals surface area contributed by atoms with Crippen molar-refractivity contribution in [1.29, 1.82) is 0 Å². The van der Waals surface area contributed by atoms with Crippen LogP contribution in [0.25, 0.3) is 6.08 Å². The van der Waals surface area contributed by atoms with Gasteiger partial charge in [0, 0.05) is 12.1 Å². The number of ketones is 1. The van der Waals surface area contributed by atoms with E-state index in [4.69, 9.17) is 9.47 Å². The number of aromatic hydroxyl groups is 3. The number of carbonyl (C=O) groups excluding carboxylic acids is 1. The first-order valence-corrected chi connectivity index (χ1v) is 9.26. The molecule has 0 radical (unpaired) electrons. The number of ether oxygens (including phenoxy) is 2. The molecule has 0 aromatic heterocycles. The van der Waals surface area contributed by atoms with Gasteiger partial charge in [-0.25, -0.2) is 0 Å². The van der Waals surface area contributed by atoms with Crippen molar-refractivity contribution in [1.82, 2.24) is 0 Å². The molecule has 1 aliphatic rings. The van der Waals surface area contributed by atoms with Gasteiger partial charge in [-0.2, -0.15) is 0 Å². The van der Waals surface area contributed by atoms with Crippen molar-refractivity contribution in [2.45, 2.75) is 30.7 Å². The molecule has 2 aromatic carbocycles. The molecule has 0 bridgehead atoms. The third-order valence-corrected chi connectivity index (χ3v) is 4.72. The minimum atomic E-state index is -1.75. The summed E-state index contributed by atoms with van der Waals surface area (Å²) in [6.45, 7) is -0.683. The van der Waals surface area contributed by atoms with Crippen LogP contribution in [0.3, 0.4) is 0 Å². The maximum Gasteiger partial charge on any atom is 0.229 e. The highest BCUT2D eigenvalue weighted by Gasteiger charge is 2.45. The molecule has 7 N–H and O–H groups in total. The molecule has 3 rings (SSSR count). The average Bonchev–Trinajstić information content (AvgIpc) is 2.73. The maximum atomic E-state index is 12.7. The Kier molecular flexibility index (Phi) is 6.78. The molecule has 0 saturated carbocycles. The Bertz CT molecular complexity index is 953. The summed E-state index contributed by atoms with van der Waals surface area (Å²) >= 11 is 0. The van der Waals surface area contributed by atoms with Gasteiger partial charge in [-0.1, -0.05) is 18.2 Å². The molecule has 10 nitrogen and oxygen atoms in total. The van der Waals surface area contributed by atoms with Gasteiger partial charge in [-0.05, 0) is 23.8 Å². The van der Waals surface area contributed by atoms with E-state index in [1.165, 1.54) is 18.2 Å². The Morgan fingerprint density at radius 2 is 1.65 bits per heavy atom. The summed E-state index contributed by atoms with van der Waals surface area (Å²) in [6.07, 6.45) is -5.39. The van der Waals surface area contributed by atoms with Crippen LogP contribution in [-0.4, -0.2) is 78.8 Å². The number of aliphatic hydroxyl groups excluding tert-OH is 4. The molecule has 0 unspecified atom stereocenters. The molecule has 166 valence electrons. The Morgan fingerprint density at radius 1 is 0.968 bits per heavy atom. The molecule has 5 atom stereocenters. The summed E-state index contributed by atoms with van der Waals surface area (Å²) in [4.78, 5) is 12.7. The molecule has 31 heavy (non-hydrogen) atoms. The third kappa shape index (κ3) is 4.95. The molecule has 10 heteroatoms. The fourth-order valence-electron chi connectivity index (χ4n) is 3.06. The molecule has 1 fully saturated rings. The molecule has 0 spiro atoms. The van der Waals surface area contributed by atoms with E-state index in [2.05, 4.69) is 0 Å². The van der Waals surface area contributed by atoms with Crippen molar-refractivity contribution in [3.63, 3.8) is 0 Å². The first-order valence-electron chi connectivity index (χ1n) is 9.26. The van der Waals surface area contributed by atoms with Crippen molar-refractivity contribution in [3.05, 3.63) is 53.6 Å². The molecule has 0 aliphatic carbocycles. The first kappa shape index (κ1) is 22.5. The summed E-state index contributed by atoms with van der Waals surface area (Å²) in [5.74, 6) is -2.08. The second-order valence-corrected chi connectivity index (χ2v) is 6.94. The number of carbonyl (C=O) groups is 1. The number of allylic oxidation sites excluding steroid dienone is 1. The number of hydrogen-bond acceptors (Lipinski definition) is 10. The van der Waals surface area contributed by atoms with Gasteiger partial charge in [0.15, 0.2) is 5.78 Å². The lowest BCUT2D eigenvalue weighted by molar-refractivity contribution is -0.277. The van der Waals surface area contributed by atoms with Crippen LogP contribution in [0, 0.1) is 0 Å². The average molecular weight is 434 g/mol. The van der Waals surface area contributed by atoms with E-state index < -0.39 is 54.6 Å². The minimum Gasteiger partial charge on any atom is -0.508 e. The largest absolute Gasteiger partial charge is 0.508 e. The SMILES string of the molecule is O=C(/C=C/c1ccc(O)cc1)c1c(O)cc(O)cc1O[C@@H]1O[C@H](CO)[C@@H](O)[C@H](O)[C@H]1O.